The minimum absolute atomic E-state index is 0.00283. The van der Waals surface area contributed by atoms with E-state index in [9.17, 15) is 13.2 Å². The first-order valence-corrected chi connectivity index (χ1v) is 7.64. The van der Waals surface area contributed by atoms with Crippen molar-refractivity contribution < 1.29 is 27.5 Å². The summed E-state index contributed by atoms with van der Waals surface area (Å²) in [6.07, 6.45) is 1.52. The fourth-order valence-electron chi connectivity index (χ4n) is 1.83. The van der Waals surface area contributed by atoms with Gasteiger partial charge in [-0.3, -0.25) is 0 Å². The van der Waals surface area contributed by atoms with Crippen LogP contribution < -0.4 is 9.46 Å². The number of aryl methyl sites for hydroxylation is 1. The summed E-state index contributed by atoms with van der Waals surface area (Å²) in [5.74, 6) is -1.46. The molecule has 2 aromatic heterocycles. The second-order valence-electron chi connectivity index (χ2n) is 4.33. The second kappa shape index (κ2) is 6.16. The number of carbonyl (C=O) groups is 1. The molecule has 0 unspecified atom stereocenters. The Kier molecular flexibility index (Phi) is 4.48. The van der Waals surface area contributed by atoms with Gasteiger partial charge in [0.2, 0.25) is 21.7 Å². The highest BCUT2D eigenvalue weighted by molar-refractivity contribution is 7.89. The van der Waals surface area contributed by atoms with Crippen molar-refractivity contribution in [3.05, 3.63) is 41.5 Å². The normalized spacial score (nSPS) is 11.4. The molecule has 0 aliphatic heterocycles. The molecule has 0 amide bonds. The van der Waals surface area contributed by atoms with Crippen LogP contribution >= 0.6 is 0 Å². The summed E-state index contributed by atoms with van der Waals surface area (Å²) >= 11 is 0. The number of furan rings is 1. The van der Waals surface area contributed by atoms with Crippen LogP contribution in [0.5, 0.6) is 5.88 Å². The van der Waals surface area contributed by atoms with Gasteiger partial charge in [0.05, 0.1) is 7.11 Å². The van der Waals surface area contributed by atoms with Crippen LogP contribution in [0, 0.1) is 6.92 Å². The molecule has 0 bridgehead atoms. The van der Waals surface area contributed by atoms with Gasteiger partial charge >= 0.3 is 5.97 Å². The van der Waals surface area contributed by atoms with E-state index in [2.05, 4.69) is 9.71 Å². The Morgan fingerprint density at radius 1 is 1.50 bits per heavy atom. The highest BCUT2D eigenvalue weighted by Crippen LogP contribution is 2.21. The van der Waals surface area contributed by atoms with Gasteiger partial charge in [0.25, 0.3) is 0 Å². The molecule has 0 saturated carbocycles. The summed E-state index contributed by atoms with van der Waals surface area (Å²) in [6.45, 7) is 1.33. The van der Waals surface area contributed by atoms with Crippen molar-refractivity contribution in [3.63, 3.8) is 0 Å². The lowest BCUT2D eigenvalue weighted by Gasteiger charge is -2.08. The molecule has 0 aliphatic carbocycles. The third kappa shape index (κ3) is 3.26. The maximum Gasteiger partial charge on any atom is 0.371 e. The van der Waals surface area contributed by atoms with E-state index in [1.54, 1.807) is 12.1 Å². The Labute approximate surface area is 126 Å². The van der Waals surface area contributed by atoms with Crippen LogP contribution in [0.4, 0.5) is 0 Å². The fraction of sp³-hybridized carbons (Fsp3) is 0.231. The third-order valence-electron chi connectivity index (χ3n) is 2.87. The van der Waals surface area contributed by atoms with Crippen LogP contribution in [0.3, 0.4) is 0 Å². The predicted octanol–water partition coefficient (Wildman–Crippen LogP) is 1.17. The maximum absolute atomic E-state index is 12.2. The van der Waals surface area contributed by atoms with Gasteiger partial charge in [-0.15, -0.1) is 0 Å². The lowest BCUT2D eigenvalue weighted by molar-refractivity contribution is 0.0661. The van der Waals surface area contributed by atoms with Crippen LogP contribution in [0.1, 0.15) is 21.9 Å². The van der Waals surface area contributed by atoms with Crippen LogP contribution in [0.2, 0.25) is 0 Å². The molecule has 2 aromatic rings. The molecular formula is C13H14N2O6S. The molecule has 0 aromatic carbocycles. The molecule has 8 nitrogen and oxygen atoms in total. The number of ether oxygens (including phenoxy) is 1. The Bertz CT molecular complexity index is 797. The van der Waals surface area contributed by atoms with E-state index in [1.807, 2.05) is 0 Å². The topological polar surface area (TPSA) is 119 Å². The number of aromatic carboxylic acids is 1. The maximum atomic E-state index is 12.2. The molecule has 9 heteroatoms. The summed E-state index contributed by atoms with van der Waals surface area (Å²) in [5.41, 5.74) is 0.549. The fourth-order valence-corrected chi connectivity index (χ4v) is 3.01. The van der Waals surface area contributed by atoms with Gasteiger partial charge in [0.15, 0.2) is 0 Å². The van der Waals surface area contributed by atoms with Crippen molar-refractivity contribution in [2.45, 2.75) is 18.4 Å². The first kappa shape index (κ1) is 16.0. The van der Waals surface area contributed by atoms with Crippen molar-refractivity contribution in [1.82, 2.24) is 9.71 Å². The highest BCUT2D eigenvalue weighted by atomic mass is 32.2. The van der Waals surface area contributed by atoms with Gasteiger partial charge in [-0.05, 0) is 13.0 Å². The van der Waals surface area contributed by atoms with Crippen molar-refractivity contribution in [2.24, 2.45) is 0 Å². The van der Waals surface area contributed by atoms with Crippen LogP contribution in [0.25, 0.3) is 0 Å². The average molecular weight is 326 g/mol. The van der Waals surface area contributed by atoms with Crippen LogP contribution in [-0.2, 0) is 16.6 Å². The van der Waals surface area contributed by atoms with Gasteiger partial charge in [-0.1, -0.05) is 6.07 Å². The van der Waals surface area contributed by atoms with Crippen molar-refractivity contribution in [3.8, 4) is 5.88 Å². The molecule has 2 heterocycles. The van der Waals surface area contributed by atoms with E-state index in [0.29, 0.717) is 11.4 Å². The van der Waals surface area contributed by atoms with Crippen LogP contribution in [0.15, 0.2) is 33.7 Å². The first-order chi connectivity index (χ1) is 10.3. The average Bonchev–Trinajstić information content (AvgIpc) is 2.88. The smallest absolute Gasteiger partial charge is 0.371 e. The SMILES string of the molecule is COc1ncccc1CNS(=O)(=O)c1cc(C(=O)O)oc1C. The minimum atomic E-state index is -3.92. The van der Waals surface area contributed by atoms with E-state index in [4.69, 9.17) is 14.3 Å². The van der Waals surface area contributed by atoms with E-state index >= 15 is 0 Å². The molecule has 0 fully saturated rings. The molecule has 0 spiro atoms. The number of carboxylic acid groups (broad SMARTS) is 1. The van der Waals surface area contributed by atoms with Gasteiger partial charge in [0.1, 0.15) is 10.7 Å². The monoisotopic (exact) mass is 326 g/mol. The summed E-state index contributed by atoms with van der Waals surface area (Å²) < 4.78 is 36.8. The van der Waals surface area contributed by atoms with E-state index < -0.39 is 21.8 Å². The predicted molar refractivity (Wildman–Crippen MR) is 75.2 cm³/mol. The molecule has 0 saturated heterocycles. The quantitative estimate of drug-likeness (QED) is 0.817. The second-order valence-corrected chi connectivity index (χ2v) is 6.07. The van der Waals surface area contributed by atoms with Gasteiger partial charge < -0.3 is 14.3 Å². The molecule has 118 valence electrons. The largest absolute Gasteiger partial charge is 0.481 e. The number of nitrogens with one attached hydrogen (secondary N) is 1. The number of pyridine rings is 1. The zero-order chi connectivity index (χ0) is 16.3. The molecule has 0 radical (unpaired) electrons. The van der Waals surface area contributed by atoms with E-state index in [1.165, 1.54) is 20.2 Å². The van der Waals surface area contributed by atoms with Crippen molar-refractivity contribution in [2.75, 3.05) is 7.11 Å². The number of hydrogen-bond acceptors (Lipinski definition) is 6. The van der Waals surface area contributed by atoms with Gasteiger partial charge in [0, 0.05) is 24.4 Å². The number of nitrogens with zero attached hydrogens (tertiary/aromatic N) is 1. The number of methoxy groups -OCH3 is 1. The summed E-state index contributed by atoms with van der Waals surface area (Å²) in [6, 6.07) is 4.29. The summed E-state index contributed by atoms with van der Waals surface area (Å²) in [4.78, 5) is 14.6. The number of aromatic nitrogens is 1. The Morgan fingerprint density at radius 3 is 2.82 bits per heavy atom. The number of carboxylic acids is 1. The molecule has 22 heavy (non-hydrogen) atoms. The summed E-state index contributed by atoms with van der Waals surface area (Å²) in [7, 11) is -2.49. The zero-order valence-corrected chi connectivity index (χ0v) is 12.7. The third-order valence-corrected chi connectivity index (χ3v) is 4.38. The minimum Gasteiger partial charge on any atom is -0.481 e. The van der Waals surface area contributed by atoms with E-state index in [-0.39, 0.29) is 17.2 Å². The zero-order valence-electron chi connectivity index (χ0n) is 11.9. The number of sulfonamides is 1. The molecular weight excluding hydrogens is 312 g/mol. The summed E-state index contributed by atoms with van der Waals surface area (Å²) in [5, 5.41) is 8.83. The van der Waals surface area contributed by atoms with Gasteiger partial charge in [-0.25, -0.2) is 22.9 Å². The molecule has 2 N–H and O–H groups in total. The lowest BCUT2D eigenvalue weighted by atomic mass is 10.3. The molecule has 0 atom stereocenters. The highest BCUT2D eigenvalue weighted by Gasteiger charge is 2.24. The Balaban J connectivity index is 2.23. The number of rotatable bonds is 6. The van der Waals surface area contributed by atoms with Crippen molar-refractivity contribution in [1.29, 1.82) is 0 Å². The molecule has 2 rings (SSSR count). The van der Waals surface area contributed by atoms with Crippen LogP contribution in [-0.4, -0.2) is 31.6 Å². The van der Waals surface area contributed by atoms with E-state index in [0.717, 1.165) is 6.07 Å². The lowest BCUT2D eigenvalue weighted by Crippen LogP contribution is -2.23. The molecule has 0 aliphatic rings. The standard InChI is InChI=1S/C13H14N2O6S/c1-8-11(6-10(21-8)13(16)17)22(18,19)15-7-9-4-3-5-14-12(9)20-2/h3-6,15H,7H2,1-2H3,(H,16,17). The van der Waals surface area contributed by atoms with Gasteiger partial charge in [-0.2, -0.15) is 0 Å². The van der Waals surface area contributed by atoms with Crippen molar-refractivity contribution >= 4 is 16.0 Å². The Morgan fingerprint density at radius 2 is 2.23 bits per heavy atom. The first-order valence-electron chi connectivity index (χ1n) is 6.16. The Hall–Kier alpha value is -2.39. The number of hydrogen-bond donors (Lipinski definition) is 2.